The maximum atomic E-state index is 11.9. The molecule has 0 spiro atoms. The van der Waals surface area contributed by atoms with Crippen LogP contribution in [0.5, 0.6) is 0 Å². The van der Waals surface area contributed by atoms with Gasteiger partial charge in [-0.1, -0.05) is 6.92 Å². The molecule has 1 rings (SSSR count). The Labute approximate surface area is 97.0 Å². The summed E-state index contributed by atoms with van der Waals surface area (Å²) >= 11 is 0. The van der Waals surface area contributed by atoms with Crippen molar-refractivity contribution in [3.05, 3.63) is 0 Å². The summed E-state index contributed by atoms with van der Waals surface area (Å²) < 4.78 is 37.4. The first-order chi connectivity index (χ1) is 7.47. The molecule has 0 aromatic rings. The predicted molar refractivity (Wildman–Crippen MR) is 62.6 cm³/mol. The topological polar surface area (TPSA) is 58.2 Å². The van der Waals surface area contributed by atoms with Gasteiger partial charge < -0.3 is 5.32 Å². The third kappa shape index (κ3) is 4.76. The van der Waals surface area contributed by atoms with Gasteiger partial charge in [0.1, 0.15) is 0 Å². The molecule has 2 N–H and O–H groups in total. The molecule has 0 aromatic carbocycles. The number of rotatable bonds is 6. The highest BCUT2D eigenvalue weighted by Crippen LogP contribution is 2.26. The monoisotopic (exact) mass is 252 g/mol. The fraction of sp³-hybridized carbons (Fsp3) is 1.00. The second kappa shape index (κ2) is 5.93. The van der Waals surface area contributed by atoms with Gasteiger partial charge in [0.05, 0.1) is 12.4 Å². The summed E-state index contributed by atoms with van der Waals surface area (Å²) in [6.45, 7) is 3.84. The molecule has 16 heavy (non-hydrogen) atoms. The molecule has 0 bridgehead atoms. The second-order valence-corrected chi connectivity index (χ2v) is 6.67. The van der Waals surface area contributed by atoms with Gasteiger partial charge in [0.2, 0.25) is 10.0 Å². The van der Waals surface area contributed by atoms with E-state index in [0.717, 1.165) is 25.9 Å². The van der Waals surface area contributed by atoms with Crippen molar-refractivity contribution >= 4 is 10.0 Å². The quantitative estimate of drug-likeness (QED) is 0.730. The van der Waals surface area contributed by atoms with Crippen LogP contribution >= 0.6 is 0 Å². The van der Waals surface area contributed by atoms with E-state index in [1.807, 2.05) is 0 Å². The van der Waals surface area contributed by atoms with E-state index in [1.165, 1.54) is 0 Å². The highest BCUT2D eigenvalue weighted by atomic mass is 32.2. The average molecular weight is 252 g/mol. The lowest BCUT2D eigenvalue weighted by atomic mass is 9.81. The summed E-state index contributed by atoms with van der Waals surface area (Å²) in [6, 6.07) is 0. The van der Waals surface area contributed by atoms with Crippen LogP contribution in [0.4, 0.5) is 4.39 Å². The molecule has 4 nitrogen and oxygen atoms in total. The van der Waals surface area contributed by atoms with Gasteiger partial charge in [-0.25, -0.2) is 13.1 Å². The number of hydrogen-bond donors (Lipinski definition) is 2. The molecule has 0 amide bonds. The number of piperidine rings is 1. The number of halogens is 1. The van der Waals surface area contributed by atoms with Crippen molar-refractivity contribution in [1.82, 2.24) is 10.0 Å². The molecule has 1 aliphatic heterocycles. The van der Waals surface area contributed by atoms with E-state index < -0.39 is 16.7 Å². The van der Waals surface area contributed by atoms with Crippen LogP contribution in [-0.4, -0.2) is 40.5 Å². The van der Waals surface area contributed by atoms with Crippen LogP contribution in [-0.2, 0) is 10.0 Å². The summed E-state index contributed by atoms with van der Waals surface area (Å²) in [5.41, 5.74) is 0.0357. The molecule has 6 heteroatoms. The van der Waals surface area contributed by atoms with Crippen molar-refractivity contribution in [2.45, 2.75) is 26.2 Å². The molecule has 0 radical (unpaired) electrons. The first-order valence-electron chi connectivity index (χ1n) is 5.71. The van der Waals surface area contributed by atoms with E-state index in [-0.39, 0.29) is 17.6 Å². The van der Waals surface area contributed by atoms with Gasteiger partial charge in [-0.05, 0) is 37.8 Å². The van der Waals surface area contributed by atoms with Gasteiger partial charge in [0, 0.05) is 6.54 Å². The summed E-state index contributed by atoms with van der Waals surface area (Å²) in [4.78, 5) is 0. The molecule has 0 saturated carbocycles. The molecule has 0 unspecified atom stereocenters. The Morgan fingerprint density at radius 1 is 1.38 bits per heavy atom. The van der Waals surface area contributed by atoms with Crippen LogP contribution in [0.3, 0.4) is 0 Å². The van der Waals surface area contributed by atoms with Gasteiger partial charge >= 0.3 is 0 Å². The average Bonchev–Trinajstić information content (AvgIpc) is 2.25. The minimum absolute atomic E-state index is 0.0357. The minimum atomic E-state index is -3.29. The molecule has 0 atom stereocenters. The van der Waals surface area contributed by atoms with Gasteiger partial charge in [-0.3, -0.25) is 4.39 Å². The molecule has 1 saturated heterocycles. The lowest BCUT2D eigenvalue weighted by molar-refractivity contribution is 0.232. The highest BCUT2D eigenvalue weighted by Gasteiger charge is 2.27. The maximum absolute atomic E-state index is 11.9. The second-order valence-electron chi connectivity index (χ2n) is 4.74. The van der Waals surface area contributed by atoms with Gasteiger partial charge in [0.15, 0.2) is 0 Å². The number of hydrogen-bond acceptors (Lipinski definition) is 3. The van der Waals surface area contributed by atoms with Gasteiger partial charge in [0.25, 0.3) is 0 Å². The van der Waals surface area contributed by atoms with E-state index in [4.69, 9.17) is 0 Å². The smallest absolute Gasteiger partial charge is 0.211 e. The van der Waals surface area contributed by atoms with Crippen LogP contribution in [0.15, 0.2) is 0 Å². The molecule has 1 heterocycles. The van der Waals surface area contributed by atoms with Crippen LogP contribution in [0, 0.1) is 5.41 Å². The summed E-state index contributed by atoms with van der Waals surface area (Å²) in [6.07, 6.45) is 2.02. The fourth-order valence-electron chi connectivity index (χ4n) is 1.81. The SMILES string of the molecule is CC1(CNS(=O)(=O)CCCF)CCNCC1. The van der Waals surface area contributed by atoms with Crippen molar-refractivity contribution in [3.63, 3.8) is 0 Å². The van der Waals surface area contributed by atoms with Crippen LogP contribution in [0.1, 0.15) is 26.2 Å². The Bertz CT molecular complexity index is 300. The molecule has 0 aromatic heterocycles. The van der Waals surface area contributed by atoms with Gasteiger partial charge in [-0.15, -0.1) is 0 Å². The zero-order valence-corrected chi connectivity index (χ0v) is 10.6. The Morgan fingerprint density at radius 3 is 2.56 bits per heavy atom. The standard InChI is InChI=1S/C10H21FN2O2S/c1-10(3-6-12-7-4-10)9-13-16(14,15)8-2-5-11/h12-13H,2-9H2,1H3. The van der Waals surface area contributed by atoms with Crippen LogP contribution in [0.25, 0.3) is 0 Å². The summed E-state index contributed by atoms with van der Waals surface area (Å²) in [7, 11) is -3.29. The molecular formula is C10H21FN2O2S. The van der Waals surface area contributed by atoms with Crippen molar-refractivity contribution in [2.24, 2.45) is 5.41 Å². The first-order valence-corrected chi connectivity index (χ1v) is 7.37. The largest absolute Gasteiger partial charge is 0.317 e. The van der Waals surface area contributed by atoms with Gasteiger partial charge in [-0.2, -0.15) is 0 Å². The Kier molecular flexibility index (Phi) is 5.14. The van der Waals surface area contributed by atoms with E-state index in [1.54, 1.807) is 0 Å². The lowest BCUT2D eigenvalue weighted by Crippen LogP contribution is -2.43. The van der Waals surface area contributed by atoms with E-state index >= 15 is 0 Å². The first kappa shape index (κ1) is 13.9. The third-order valence-corrected chi connectivity index (χ3v) is 4.49. The molecule has 96 valence electrons. The fourth-order valence-corrected chi connectivity index (χ4v) is 3.01. The van der Waals surface area contributed by atoms with Crippen molar-refractivity contribution in [3.8, 4) is 0 Å². The number of alkyl halides is 1. The molecule has 1 fully saturated rings. The normalized spacial score (nSPS) is 20.9. The number of sulfonamides is 1. The molecule has 1 aliphatic rings. The zero-order chi connectivity index (χ0) is 12.1. The number of nitrogens with one attached hydrogen (secondary N) is 2. The van der Waals surface area contributed by atoms with E-state index in [2.05, 4.69) is 17.0 Å². The van der Waals surface area contributed by atoms with Crippen molar-refractivity contribution < 1.29 is 12.8 Å². The predicted octanol–water partition coefficient (Wildman–Crippen LogP) is 0.655. The van der Waals surface area contributed by atoms with E-state index in [9.17, 15) is 12.8 Å². The molecular weight excluding hydrogens is 231 g/mol. The zero-order valence-electron chi connectivity index (χ0n) is 9.76. The summed E-state index contributed by atoms with van der Waals surface area (Å²) in [5.74, 6) is -0.113. The van der Waals surface area contributed by atoms with Crippen LogP contribution < -0.4 is 10.0 Å². The lowest BCUT2D eigenvalue weighted by Gasteiger charge is -2.34. The van der Waals surface area contributed by atoms with Crippen molar-refractivity contribution in [1.29, 1.82) is 0 Å². The maximum Gasteiger partial charge on any atom is 0.211 e. The Balaban J connectivity index is 2.37. The van der Waals surface area contributed by atoms with Crippen LogP contribution in [0.2, 0.25) is 0 Å². The Morgan fingerprint density at radius 2 is 2.00 bits per heavy atom. The Hall–Kier alpha value is -0.200. The van der Waals surface area contributed by atoms with Crippen molar-refractivity contribution in [2.75, 3.05) is 32.1 Å². The van der Waals surface area contributed by atoms with E-state index in [0.29, 0.717) is 6.54 Å². The summed E-state index contributed by atoms with van der Waals surface area (Å²) in [5, 5.41) is 3.24. The highest BCUT2D eigenvalue weighted by molar-refractivity contribution is 7.89. The third-order valence-electron chi connectivity index (χ3n) is 3.08. The minimum Gasteiger partial charge on any atom is -0.317 e. The molecule has 0 aliphatic carbocycles.